The molecule has 1 amide bonds. The lowest BCUT2D eigenvalue weighted by Crippen LogP contribution is -2.51. The van der Waals surface area contributed by atoms with Crippen molar-refractivity contribution in [3.05, 3.63) is 90.0 Å². The molecule has 0 aliphatic carbocycles. The number of rotatable bonds is 7. The monoisotopic (exact) mass is 466 g/mol. The number of hydrogen-bond acceptors (Lipinski definition) is 5. The highest BCUT2D eigenvalue weighted by Gasteiger charge is 2.37. The summed E-state index contributed by atoms with van der Waals surface area (Å²) < 4.78 is 39.2. The molecule has 8 heteroatoms. The van der Waals surface area contributed by atoms with Crippen molar-refractivity contribution in [3.8, 4) is 11.5 Å². The summed E-state index contributed by atoms with van der Waals surface area (Å²) in [6, 6.07) is 22.9. The number of nitrogens with zero attached hydrogens (tertiary/aromatic N) is 1. The molecule has 2 atom stereocenters. The lowest BCUT2D eigenvalue weighted by atomic mass is 10.1. The molecule has 0 fully saturated rings. The summed E-state index contributed by atoms with van der Waals surface area (Å²) in [4.78, 5) is 13.1. The molecule has 7 nitrogen and oxygen atoms in total. The van der Waals surface area contributed by atoms with E-state index in [-0.39, 0.29) is 18.3 Å². The first-order valence-corrected chi connectivity index (χ1v) is 12.2. The van der Waals surface area contributed by atoms with Crippen LogP contribution in [-0.2, 0) is 20.6 Å². The standard InChI is InChI=1S/C25H26N2O5S/c1-18(20-12-6-8-14-22(20)31-2)26-25(28)24-16-27(21-13-7-9-15-23(21)32-24)33(29,30)17-19-10-4-3-5-11-19/h3-15,18,24H,16-17H2,1-2H3,(H,26,28)/t18-,24+/m0/s1. The van der Waals surface area contributed by atoms with Crippen LogP contribution in [0.5, 0.6) is 11.5 Å². The van der Waals surface area contributed by atoms with Gasteiger partial charge in [0.2, 0.25) is 10.0 Å². The largest absolute Gasteiger partial charge is 0.496 e. The van der Waals surface area contributed by atoms with Gasteiger partial charge in [-0.3, -0.25) is 9.10 Å². The molecule has 3 aromatic carbocycles. The van der Waals surface area contributed by atoms with Crippen molar-refractivity contribution in [3.63, 3.8) is 0 Å². The molecular formula is C25H26N2O5S. The summed E-state index contributed by atoms with van der Waals surface area (Å²) >= 11 is 0. The second-order valence-corrected chi connectivity index (χ2v) is 9.71. The van der Waals surface area contributed by atoms with Crippen LogP contribution in [0.2, 0.25) is 0 Å². The maximum atomic E-state index is 13.3. The number of ether oxygens (including phenoxy) is 2. The second kappa shape index (κ2) is 9.54. The molecule has 0 bridgehead atoms. The first-order chi connectivity index (χ1) is 15.9. The molecule has 0 radical (unpaired) electrons. The number of fused-ring (bicyclic) bond motifs is 1. The van der Waals surface area contributed by atoms with E-state index in [1.54, 1.807) is 55.6 Å². The third kappa shape index (κ3) is 4.96. The van der Waals surface area contributed by atoms with Gasteiger partial charge < -0.3 is 14.8 Å². The van der Waals surface area contributed by atoms with Gasteiger partial charge in [-0.05, 0) is 30.7 Å². The SMILES string of the molecule is COc1ccccc1[C@H](C)NC(=O)[C@H]1CN(S(=O)(=O)Cc2ccccc2)c2ccccc2O1. The predicted molar refractivity (Wildman–Crippen MR) is 127 cm³/mol. The first-order valence-electron chi connectivity index (χ1n) is 10.6. The van der Waals surface area contributed by atoms with Crippen LogP contribution in [0.4, 0.5) is 5.69 Å². The van der Waals surface area contributed by atoms with Gasteiger partial charge in [0.05, 0.1) is 31.1 Å². The van der Waals surface area contributed by atoms with Gasteiger partial charge in [0.25, 0.3) is 5.91 Å². The summed E-state index contributed by atoms with van der Waals surface area (Å²) in [6.07, 6.45) is -0.998. The van der Waals surface area contributed by atoms with Gasteiger partial charge >= 0.3 is 0 Å². The third-order valence-electron chi connectivity index (χ3n) is 5.52. The second-order valence-electron chi connectivity index (χ2n) is 7.82. The van der Waals surface area contributed by atoms with E-state index in [1.165, 1.54) is 4.31 Å². The van der Waals surface area contributed by atoms with E-state index >= 15 is 0 Å². The number of benzene rings is 3. The Balaban J connectivity index is 1.57. The van der Waals surface area contributed by atoms with Gasteiger partial charge in [-0.15, -0.1) is 0 Å². The summed E-state index contributed by atoms with van der Waals surface area (Å²) in [5.41, 5.74) is 1.92. The Hall–Kier alpha value is -3.52. The van der Waals surface area contributed by atoms with Crippen molar-refractivity contribution in [2.45, 2.75) is 24.8 Å². The molecule has 0 saturated heterocycles. The molecule has 1 N–H and O–H groups in total. The minimum absolute atomic E-state index is 0.114. The fraction of sp³-hybridized carbons (Fsp3) is 0.240. The van der Waals surface area contributed by atoms with Crippen molar-refractivity contribution in [2.75, 3.05) is 18.0 Å². The highest BCUT2D eigenvalue weighted by Crippen LogP contribution is 2.36. The summed E-state index contributed by atoms with van der Waals surface area (Å²) in [5.74, 6) is 0.439. The summed E-state index contributed by atoms with van der Waals surface area (Å²) in [7, 11) is -2.18. The molecule has 4 rings (SSSR count). The zero-order chi connectivity index (χ0) is 23.4. The van der Waals surface area contributed by atoms with Gasteiger partial charge in [0.15, 0.2) is 6.10 Å². The van der Waals surface area contributed by atoms with E-state index in [2.05, 4.69) is 5.32 Å². The Labute approximate surface area is 194 Å². The molecule has 33 heavy (non-hydrogen) atoms. The quantitative estimate of drug-likeness (QED) is 0.574. The molecule has 172 valence electrons. The third-order valence-corrected chi connectivity index (χ3v) is 7.23. The number of sulfonamides is 1. The van der Waals surface area contributed by atoms with Crippen molar-refractivity contribution in [1.82, 2.24) is 5.32 Å². The lowest BCUT2D eigenvalue weighted by Gasteiger charge is -2.35. The van der Waals surface area contributed by atoms with Crippen molar-refractivity contribution in [1.29, 1.82) is 0 Å². The maximum absolute atomic E-state index is 13.3. The zero-order valence-electron chi connectivity index (χ0n) is 18.5. The highest BCUT2D eigenvalue weighted by molar-refractivity contribution is 7.92. The fourth-order valence-corrected chi connectivity index (χ4v) is 5.46. The highest BCUT2D eigenvalue weighted by atomic mass is 32.2. The minimum atomic E-state index is -3.75. The van der Waals surface area contributed by atoms with Crippen LogP contribution >= 0.6 is 0 Å². The van der Waals surface area contributed by atoms with Gasteiger partial charge in [0, 0.05) is 5.56 Å². The minimum Gasteiger partial charge on any atom is -0.496 e. The van der Waals surface area contributed by atoms with Crippen molar-refractivity contribution in [2.24, 2.45) is 0 Å². The lowest BCUT2D eigenvalue weighted by molar-refractivity contribution is -0.128. The van der Waals surface area contributed by atoms with Crippen LogP contribution in [-0.4, -0.2) is 34.1 Å². The number of amides is 1. The van der Waals surface area contributed by atoms with Gasteiger partial charge in [0.1, 0.15) is 11.5 Å². The van der Waals surface area contributed by atoms with Crippen LogP contribution in [0.3, 0.4) is 0 Å². The number of carbonyl (C=O) groups is 1. The van der Waals surface area contributed by atoms with E-state index in [9.17, 15) is 13.2 Å². The maximum Gasteiger partial charge on any atom is 0.263 e. The number of anilines is 1. The fourth-order valence-electron chi connectivity index (χ4n) is 3.87. The number of hydrogen-bond donors (Lipinski definition) is 1. The van der Waals surface area contributed by atoms with Gasteiger partial charge in [-0.25, -0.2) is 8.42 Å². The Morgan fingerprint density at radius 1 is 1.06 bits per heavy atom. The molecular weight excluding hydrogens is 440 g/mol. The van der Waals surface area contributed by atoms with Crippen LogP contribution in [0.15, 0.2) is 78.9 Å². The van der Waals surface area contributed by atoms with Crippen molar-refractivity contribution >= 4 is 21.6 Å². The van der Waals surface area contributed by atoms with E-state index < -0.39 is 22.0 Å². The number of nitrogens with one attached hydrogen (secondary N) is 1. The smallest absolute Gasteiger partial charge is 0.263 e. The van der Waals surface area contributed by atoms with Crippen LogP contribution in [0, 0.1) is 0 Å². The number of methoxy groups -OCH3 is 1. The first kappa shape index (κ1) is 22.7. The van der Waals surface area contributed by atoms with E-state index in [4.69, 9.17) is 9.47 Å². The average molecular weight is 467 g/mol. The van der Waals surface area contributed by atoms with E-state index in [1.807, 2.05) is 37.3 Å². The van der Waals surface area contributed by atoms with E-state index in [0.29, 0.717) is 22.7 Å². The molecule has 0 saturated carbocycles. The van der Waals surface area contributed by atoms with Crippen LogP contribution in [0.1, 0.15) is 24.1 Å². The molecule has 1 aliphatic heterocycles. The Bertz CT molecular complexity index is 1230. The topological polar surface area (TPSA) is 84.9 Å². The molecule has 3 aromatic rings. The van der Waals surface area contributed by atoms with Gasteiger partial charge in [-0.2, -0.15) is 0 Å². The molecule has 0 unspecified atom stereocenters. The summed E-state index contributed by atoms with van der Waals surface area (Å²) in [5, 5.41) is 2.93. The average Bonchev–Trinajstić information content (AvgIpc) is 2.83. The van der Waals surface area contributed by atoms with Crippen molar-refractivity contribution < 1.29 is 22.7 Å². The van der Waals surface area contributed by atoms with Crippen LogP contribution in [0.25, 0.3) is 0 Å². The zero-order valence-corrected chi connectivity index (χ0v) is 19.3. The predicted octanol–water partition coefficient (Wildman–Crippen LogP) is 3.67. The normalized spacial score (nSPS) is 16.3. The van der Waals surface area contributed by atoms with Gasteiger partial charge in [-0.1, -0.05) is 60.7 Å². The van der Waals surface area contributed by atoms with E-state index in [0.717, 1.165) is 5.56 Å². The molecule has 0 spiro atoms. The Morgan fingerprint density at radius 3 is 2.48 bits per heavy atom. The molecule has 0 aromatic heterocycles. The Kier molecular flexibility index (Phi) is 6.55. The number of para-hydroxylation sites is 3. The Morgan fingerprint density at radius 2 is 1.73 bits per heavy atom. The summed E-state index contributed by atoms with van der Waals surface area (Å²) in [6.45, 7) is 1.73. The molecule has 1 heterocycles. The molecule has 1 aliphatic rings. The number of carbonyl (C=O) groups excluding carboxylic acids is 1. The van der Waals surface area contributed by atoms with Crippen LogP contribution < -0.4 is 19.1 Å².